The molecule has 1 N–H and O–H groups in total. The Kier molecular flexibility index (Phi) is 7.26. The second-order valence-corrected chi connectivity index (χ2v) is 8.09. The number of esters is 2. The number of nitrogens with one attached hydrogen (secondary N) is 1. The maximum Gasteiger partial charge on any atom is 0.326 e. The van der Waals surface area contributed by atoms with Gasteiger partial charge in [-0.2, -0.15) is 0 Å². The predicted octanol–water partition coefficient (Wildman–Crippen LogP) is 1.99. The summed E-state index contributed by atoms with van der Waals surface area (Å²) in [5.74, 6) is -0.736. The Morgan fingerprint density at radius 1 is 1.26 bits per heavy atom. The zero-order valence-corrected chi connectivity index (χ0v) is 16.9. The standard InChI is InChI=1S/C19H26N2O5S/c1-5-25-16(22)10-20-13-12-27-15-9-7-6-8-14(15)21(18(13)24)11-17(23)26-19(2,3)4/h6-9,13,20H,5,10-12H2,1-4H3. The first-order chi connectivity index (χ1) is 12.7. The molecule has 27 heavy (non-hydrogen) atoms. The first-order valence-corrected chi connectivity index (χ1v) is 9.84. The van der Waals surface area contributed by atoms with Crippen LogP contribution in [0.5, 0.6) is 0 Å². The van der Waals surface area contributed by atoms with Crippen LogP contribution in [0.1, 0.15) is 27.7 Å². The molecule has 1 unspecified atom stereocenters. The number of anilines is 1. The molecule has 7 nitrogen and oxygen atoms in total. The lowest BCUT2D eigenvalue weighted by atomic mass is 10.2. The zero-order valence-electron chi connectivity index (χ0n) is 16.1. The average Bonchev–Trinajstić information content (AvgIpc) is 2.70. The van der Waals surface area contributed by atoms with Gasteiger partial charge in [0, 0.05) is 10.6 Å². The topological polar surface area (TPSA) is 84.9 Å². The van der Waals surface area contributed by atoms with Crippen LogP contribution in [0.4, 0.5) is 5.69 Å². The molecule has 1 aromatic carbocycles. The van der Waals surface area contributed by atoms with Gasteiger partial charge in [-0.25, -0.2) is 0 Å². The molecular weight excluding hydrogens is 368 g/mol. The van der Waals surface area contributed by atoms with Crippen LogP contribution in [-0.2, 0) is 23.9 Å². The Balaban J connectivity index is 2.19. The van der Waals surface area contributed by atoms with Gasteiger partial charge in [0.05, 0.1) is 24.9 Å². The summed E-state index contributed by atoms with van der Waals surface area (Å²) in [4.78, 5) is 39.3. The minimum absolute atomic E-state index is 0.0680. The third-order valence-corrected chi connectivity index (χ3v) is 4.79. The quantitative estimate of drug-likeness (QED) is 0.739. The lowest BCUT2D eigenvalue weighted by molar-refractivity contribution is -0.153. The number of fused-ring (bicyclic) bond motifs is 1. The van der Waals surface area contributed by atoms with E-state index in [1.165, 1.54) is 16.7 Å². The summed E-state index contributed by atoms with van der Waals surface area (Å²) in [5.41, 5.74) is 0.0285. The van der Waals surface area contributed by atoms with Gasteiger partial charge < -0.3 is 9.47 Å². The van der Waals surface area contributed by atoms with Crippen LogP contribution in [0, 0.1) is 0 Å². The van der Waals surface area contributed by atoms with Gasteiger partial charge in [0.2, 0.25) is 5.91 Å². The number of hydrogen-bond acceptors (Lipinski definition) is 7. The number of rotatable bonds is 6. The molecule has 1 amide bonds. The fourth-order valence-corrected chi connectivity index (χ4v) is 3.69. The molecule has 148 valence electrons. The van der Waals surface area contributed by atoms with Crippen molar-refractivity contribution >= 4 is 35.3 Å². The van der Waals surface area contributed by atoms with Crippen LogP contribution in [0.2, 0.25) is 0 Å². The van der Waals surface area contributed by atoms with Crippen LogP contribution >= 0.6 is 11.8 Å². The molecule has 0 radical (unpaired) electrons. The molecule has 0 aliphatic carbocycles. The van der Waals surface area contributed by atoms with E-state index in [1.807, 2.05) is 18.2 Å². The Labute approximate surface area is 163 Å². The number of carbonyl (C=O) groups excluding carboxylic acids is 3. The molecule has 0 spiro atoms. The van der Waals surface area contributed by atoms with E-state index in [-0.39, 0.29) is 25.6 Å². The van der Waals surface area contributed by atoms with Gasteiger partial charge in [0.25, 0.3) is 0 Å². The van der Waals surface area contributed by atoms with Crippen LogP contribution in [0.25, 0.3) is 0 Å². The summed E-state index contributed by atoms with van der Waals surface area (Å²) in [7, 11) is 0. The van der Waals surface area contributed by atoms with Gasteiger partial charge in [-0.1, -0.05) is 12.1 Å². The maximum absolute atomic E-state index is 13.1. The summed E-state index contributed by atoms with van der Waals surface area (Å²) in [6.45, 7) is 7.09. The molecule has 1 heterocycles. The Morgan fingerprint density at radius 2 is 1.96 bits per heavy atom. The lowest BCUT2D eigenvalue weighted by Gasteiger charge is -2.27. The van der Waals surface area contributed by atoms with Crippen molar-refractivity contribution in [2.75, 3.05) is 30.3 Å². The van der Waals surface area contributed by atoms with Crippen molar-refractivity contribution in [1.29, 1.82) is 0 Å². The molecule has 0 bridgehead atoms. The molecule has 1 aromatic rings. The number of amides is 1. The third-order valence-electron chi connectivity index (χ3n) is 3.63. The molecule has 8 heteroatoms. The fraction of sp³-hybridized carbons (Fsp3) is 0.526. The van der Waals surface area contributed by atoms with Gasteiger partial charge in [-0.05, 0) is 39.8 Å². The smallest absolute Gasteiger partial charge is 0.326 e. The van der Waals surface area contributed by atoms with Crippen molar-refractivity contribution in [3.63, 3.8) is 0 Å². The van der Waals surface area contributed by atoms with Crippen molar-refractivity contribution in [3.8, 4) is 0 Å². The minimum atomic E-state index is -0.637. The average molecular weight is 394 g/mol. The number of nitrogens with zero attached hydrogens (tertiary/aromatic N) is 1. The van der Waals surface area contributed by atoms with Gasteiger partial charge in [0.1, 0.15) is 12.1 Å². The number of hydrogen-bond donors (Lipinski definition) is 1. The van der Waals surface area contributed by atoms with Crippen molar-refractivity contribution in [2.24, 2.45) is 0 Å². The molecule has 1 atom stereocenters. The van der Waals surface area contributed by atoms with Gasteiger partial charge in [-0.15, -0.1) is 11.8 Å². The van der Waals surface area contributed by atoms with Gasteiger partial charge >= 0.3 is 11.9 Å². The Bertz CT molecular complexity index is 702. The van der Waals surface area contributed by atoms with Crippen LogP contribution in [0.15, 0.2) is 29.2 Å². The van der Waals surface area contributed by atoms with Crippen LogP contribution in [-0.4, -0.2) is 54.9 Å². The van der Waals surface area contributed by atoms with Crippen molar-refractivity contribution in [1.82, 2.24) is 5.32 Å². The molecule has 0 saturated heterocycles. The molecule has 2 rings (SSSR count). The largest absolute Gasteiger partial charge is 0.465 e. The monoisotopic (exact) mass is 394 g/mol. The number of carbonyl (C=O) groups is 3. The first kappa shape index (κ1) is 21.2. The molecule has 1 aliphatic heterocycles. The highest BCUT2D eigenvalue weighted by Gasteiger charge is 2.33. The summed E-state index contributed by atoms with van der Waals surface area (Å²) in [6.07, 6.45) is 0. The van der Waals surface area contributed by atoms with E-state index in [9.17, 15) is 14.4 Å². The van der Waals surface area contributed by atoms with Crippen LogP contribution < -0.4 is 10.2 Å². The summed E-state index contributed by atoms with van der Waals surface area (Å²) < 4.78 is 10.3. The fourth-order valence-electron chi connectivity index (χ4n) is 2.58. The van der Waals surface area contributed by atoms with Gasteiger partial charge in [0.15, 0.2) is 0 Å². The van der Waals surface area contributed by atoms with E-state index in [0.717, 1.165) is 4.90 Å². The SMILES string of the molecule is CCOC(=O)CNC1CSc2ccccc2N(CC(=O)OC(C)(C)C)C1=O. The Hall–Kier alpha value is -2.06. The van der Waals surface area contributed by atoms with E-state index in [1.54, 1.807) is 33.8 Å². The van der Waals surface area contributed by atoms with Crippen molar-refractivity contribution < 1.29 is 23.9 Å². The van der Waals surface area contributed by atoms with Crippen molar-refractivity contribution in [3.05, 3.63) is 24.3 Å². The highest BCUT2D eigenvalue weighted by atomic mass is 32.2. The maximum atomic E-state index is 13.1. The van der Waals surface area contributed by atoms with E-state index in [2.05, 4.69) is 5.32 Å². The normalized spacial score (nSPS) is 17.1. The third kappa shape index (κ3) is 6.25. The van der Waals surface area contributed by atoms with Crippen LogP contribution in [0.3, 0.4) is 0 Å². The number of para-hydroxylation sites is 1. The molecule has 1 aliphatic rings. The van der Waals surface area contributed by atoms with Crippen molar-refractivity contribution in [2.45, 2.75) is 44.2 Å². The second-order valence-electron chi connectivity index (χ2n) is 7.03. The number of thioether (sulfide) groups is 1. The summed E-state index contributed by atoms with van der Waals surface area (Å²) >= 11 is 1.50. The zero-order chi connectivity index (χ0) is 20.0. The molecular formula is C19H26N2O5S. The first-order valence-electron chi connectivity index (χ1n) is 8.85. The van der Waals surface area contributed by atoms with E-state index < -0.39 is 23.6 Å². The number of benzene rings is 1. The van der Waals surface area contributed by atoms with E-state index in [4.69, 9.17) is 9.47 Å². The molecule has 0 aromatic heterocycles. The molecule has 0 saturated carbocycles. The molecule has 0 fully saturated rings. The van der Waals surface area contributed by atoms with Gasteiger partial charge in [-0.3, -0.25) is 24.6 Å². The summed E-state index contributed by atoms with van der Waals surface area (Å²) in [6, 6.07) is 6.80. The summed E-state index contributed by atoms with van der Waals surface area (Å²) in [5, 5.41) is 2.94. The number of ether oxygens (including phenoxy) is 2. The second kappa shape index (κ2) is 9.23. The minimum Gasteiger partial charge on any atom is -0.465 e. The lowest BCUT2D eigenvalue weighted by Crippen LogP contribution is -2.50. The predicted molar refractivity (Wildman–Crippen MR) is 104 cm³/mol. The highest BCUT2D eigenvalue weighted by Crippen LogP contribution is 2.34. The van der Waals surface area contributed by atoms with E-state index in [0.29, 0.717) is 11.4 Å². The Morgan fingerprint density at radius 3 is 2.63 bits per heavy atom. The van der Waals surface area contributed by atoms with E-state index >= 15 is 0 Å². The highest BCUT2D eigenvalue weighted by molar-refractivity contribution is 7.99.